The highest BCUT2D eigenvalue weighted by molar-refractivity contribution is 7.94. The van der Waals surface area contributed by atoms with E-state index in [0.717, 1.165) is 5.56 Å². The fourth-order valence-electron chi connectivity index (χ4n) is 1.64. The molecule has 0 saturated heterocycles. The number of hydrogen-bond donors (Lipinski definition) is 1. The number of rotatable bonds is 6. The topological polar surface area (TPSA) is 105 Å². The summed E-state index contributed by atoms with van der Waals surface area (Å²) in [6, 6.07) is 1.67. The number of carbonyl (C=O) groups excluding carboxylic acids is 1. The molecule has 0 saturated carbocycles. The summed E-state index contributed by atoms with van der Waals surface area (Å²) in [4.78, 5) is 12.9. The number of aromatic nitrogens is 2. The lowest BCUT2D eigenvalue weighted by molar-refractivity contribution is -0.127. The lowest BCUT2D eigenvalue weighted by Crippen LogP contribution is -2.39. The molecule has 120 valence electrons. The van der Waals surface area contributed by atoms with Gasteiger partial charge in [0.05, 0.1) is 6.42 Å². The van der Waals surface area contributed by atoms with Gasteiger partial charge in [-0.3, -0.25) is 4.79 Å². The van der Waals surface area contributed by atoms with E-state index in [-0.39, 0.29) is 6.01 Å². The third-order valence-electron chi connectivity index (χ3n) is 2.89. The van der Waals surface area contributed by atoms with Crippen molar-refractivity contribution in [3.8, 4) is 0 Å². The molecule has 2 aromatic heterocycles. The highest BCUT2D eigenvalue weighted by Gasteiger charge is 2.30. The number of nitrogens with one attached hydrogen (secondary N) is 1. The Morgan fingerprint density at radius 1 is 1.45 bits per heavy atom. The van der Waals surface area contributed by atoms with Gasteiger partial charge in [0.15, 0.2) is 5.25 Å². The Morgan fingerprint density at radius 2 is 2.18 bits per heavy atom. The molecule has 1 amide bonds. The van der Waals surface area contributed by atoms with E-state index in [1.54, 1.807) is 11.3 Å². The fourth-order valence-corrected chi connectivity index (χ4v) is 3.29. The molecule has 0 spiro atoms. The first kappa shape index (κ1) is 16.4. The zero-order chi connectivity index (χ0) is 16.3. The molecule has 1 N–H and O–H groups in total. The average Bonchev–Trinajstić information content (AvgIpc) is 3.09. The van der Waals surface area contributed by atoms with E-state index in [4.69, 9.17) is 4.42 Å². The Hall–Kier alpha value is -1.94. The third-order valence-corrected chi connectivity index (χ3v) is 5.21. The molecule has 22 heavy (non-hydrogen) atoms. The molecule has 8 nitrogen and oxygen atoms in total. The Balaban J connectivity index is 2.07. The highest BCUT2D eigenvalue weighted by Crippen LogP contribution is 2.15. The lowest BCUT2D eigenvalue weighted by atomic mass is 10.2. The first-order chi connectivity index (χ1) is 10.3. The van der Waals surface area contributed by atoms with Crippen molar-refractivity contribution in [1.82, 2.24) is 15.1 Å². The van der Waals surface area contributed by atoms with Crippen LogP contribution in [0.3, 0.4) is 0 Å². The van der Waals surface area contributed by atoms with Crippen LogP contribution in [0.2, 0.25) is 0 Å². The Morgan fingerprint density at radius 3 is 2.77 bits per heavy atom. The number of carbonyl (C=O) groups is 1. The van der Waals surface area contributed by atoms with Crippen LogP contribution in [0.4, 0.5) is 6.01 Å². The number of hydrogen-bond acceptors (Lipinski definition) is 7. The monoisotopic (exact) mass is 344 g/mol. The van der Waals surface area contributed by atoms with E-state index in [9.17, 15) is 13.2 Å². The van der Waals surface area contributed by atoms with Crippen LogP contribution in [0.1, 0.15) is 18.4 Å². The highest BCUT2D eigenvalue weighted by atomic mass is 32.2. The molecule has 1 atom stereocenters. The molecule has 0 fully saturated rings. The van der Waals surface area contributed by atoms with Crippen molar-refractivity contribution < 1.29 is 17.6 Å². The van der Waals surface area contributed by atoms with Crippen LogP contribution >= 0.6 is 11.3 Å². The van der Waals surface area contributed by atoms with Crippen molar-refractivity contribution in [2.45, 2.75) is 18.6 Å². The maximum atomic E-state index is 12.1. The van der Waals surface area contributed by atoms with Crippen LogP contribution in [0.15, 0.2) is 21.2 Å². The van der Waals surface area contributed by atoms with Gasteiger partial charge in [-0.15, -0.1) is 5.10 Å². The van der Waals surface area contributed by atoms with Crippen molar-refractivity contribution in [2.24, 2.45) is 0 Å². The number of amides is 1. The van der Waals surface area contributed by atoms with Crippen molar-refractivity contribution >= 4 is 33.3 Å². The molecule has 2 rings (SSSR count). The fraction of sp³-hybridized carbons (Fsp3) is 0.417. The van der Waals surface area contributed by atoms with Gasteiger partial charge in [0.2, 0.25) is 21.8 Å². The second kappa shape index (κ2) is 6.44. The first-order valence-corrected chi connectivity index (χ1v) is 8.85. The van der Waals surface area contributed by atoms with Gasteiger partial charge in [-0.2, -0.15) is 11.3 Å². The van der Waals surface area contributed by atoms with Gasteiger partial charge in [0.1, 0.15) is 0 Å². The summed E-state index contributed by atoms with van der Waals surface area (Å²) >= 11 is 1.54. The van der Waals surface area contributed by atoms with E-state index >= 15 is 0 Å². The zero-order valence-corrected chi connectivity index (χ0v) is 13.9. The van der Waals surface area contributed by atoms with Crippen LogP contribution in [-0.2, 0) is 21.2 Å². The smallest absolute Gasteiger partial charge is 0.329 e. The molecule has 0 aromatic carbocycles. The van der Waals surface area contributed by atoms with Crippen molar-refractivity contribution in [3.05, 3.63) is 28.3 Å². The van der Waals surface area contributed by atoms with Crippen molar-refractivity contribution in [3.63, 3.8) is 0 Å². The predicted octanol–water partition coefficient (Wildman–Crippen LogP) is 0.940. The quantitative estimate of drug-likeness (QED) is 0.836. The van der Waals surface area contributed by atoms with Gasteiger partial charge in [-0.05, 0) is 29.3 Å². The third kappa shape index (κ3) is 3.83. The largest absolute Gasteiger partial charge is 0.407 e. The van der Waals surface area contributed by atoms with Crippen LogP contribution in [0.5, 0.6) is 0 Å². The zero-order valence-electron chi connectivity index (χ0n) is 12.3. The van der Waals surface area contributed by atoms with E-state index in [1.807, 2.05) is 16.8 Å². The summed E-state index contributed by atoms with van der Waals surface area (Å²) in [5.41, 5.74) is 0.999. The lowest BCUT2D eigenvalue weighted by Gasteiger charge is -2.16. The summed E-state index contributed by atoms with van der Waals surface area (Å²) in [6.07, 6.45) is 0.421. The summed E-state index contributed by atoms with van der Waals surface area (Å²) in [5, 5.41) is 10.0. The molecule has 0 radical (unpaired) electrons. The minimum Gasteiger partial charge on any atom is -0.407 e. The Labute approximate surface area is 132 Å². The minimum absolute atomic E-state index is 0.247. The SMILES string of the molecule is C[C@@H](C(=O)N(C)C)S(=O)(=O)Nc1nnc(Cc2ccsc2)o1. The molecular weight excluding hydrogens is 328 g/mol. The number of anilines is 1. The normalized spacial score (nSPS) is 12.9. The maximum absolute atomic E-state index is 12.1. The summed E-state index contributed by atoms with van der Waals surface area (Å²) in [5.74, 6) is -0.242. The molecule has 2 aromatic rings. The maximum Gasteiger partial charge on any atom is 0.329 e. The molecule has 0 aliphatic rings. The molecule has 0 aliphatic carbocycles. The minimum atomic E-state index is -3.94. The van der Waals surface area contributed by atoms with Gasteiger partial charge in [0, 0.05) is 14.1 Å². The molecule has 0 bridgehead atoms. The predicted molar refractivity (Wildman–Crippen MR) is 82.1 cm³/mol. The van der Waals surface area contributed by atoms with Gasteiger partial charge in [-0.1, -0.05) is 5.10 Å². The van der Waals surface area contributed by atoms with Crippen molar-refractivity contribution in [1.29, 1.82) is 0 Å². The van der Waals surface area contributed by atoms with Gasteiger partial charge in [-0.25, -0.2) is 13.1 Å². The molecule has 2 heterocycles. The second-order valence-electron chi connectivity index (χ2n) is 4.83. The molecule has 0 unspecified atom stereocenters. The Bertz CT molecular complexity index is 737. The molecule has 10 heteroatoms. The van der Waals surface area contributed by atoms with E-state index < -0.39 is 21.2 Å². The van der Waals surface area contributed by atoms with Gasteiger partial charge in [0.25, 0.3) is 0 Å². The van der Waals surface area contributed by atoms with Gasteiger partial charge < -0.3 is 9.32 Å². The van der Waals surface area contributed by atoms with Gasteiger partial charge >= 0.3 is 6.01 Å². The number of nitrogens with zero attached hydrogens (tertiary/aromatic N) is 3. The van der Waals surface area contributed by atoms with E-state index in [0.29, 0.717) is 12.3 Å². The summed E-state index contributed by atoms with van der Waals surface area (Å²) in [6.45, 7) is 1.30. The summed E-state index contributed by atoms with van der Waals surface area (Å²) in [7, 11) is -0.969. The number of thiophene rings is 1. The standard InChI is InChI=1S/C12H16N4O4S2/c1-8(11(17)16(2)3)22(18,19)15-12-14-13-10(20-12)6-9-4-5-21-7-9/h4-5,7-8H,6H2,1-3H3,(H,14,15)/t8-/m0/s1. The average molecular weight is 344 g/mol. The van der Waals surface area contributed by atoms with Crippen LogP contribution in [0, 0.1) is 0 Å². The van der Waals surface area contributed by atoms with Crippen LogP contribution < -0.4 is 4.72 Å². The van der Waals surface area contributed by atoms with E-state index in [2.05, 4.69) is 14.9 Å². The Kier molecular flexibility index (Phi) is 4.81. The van der Waals surface area contributed by atoms with Crippen LogP contribution in [-0.4, -0.2) is 48.8 Å². The second-order valence-corrected chi connectivity index (χ2v) is 7.61. The molecular formula is C12H16N4O4S2. The first-order valence-electron chi connectivity index (χ1n) is 6.36. The van der Waals surface area contributed by atoms with Crippen molar-refractivity contribution in [2.75, 3.05) is 18.8 Å². The molecule has 0 aliphatic heterocycles. The van der Waals surface area contributed by atoms with Crippen LogP contribution in [0.25, 0.3) is 0 Å². The number of sulfonamides is 1. The van der Waals surface area contributed by atoms with E-state index in [1.165, 1.54) is 25.9 Å². The summed E-state index contributed by atoms with van der Waals surface area (Å²) < 4.78 is 31.6.